The zero-order valence-corrected chi connectivity index (χ0v) is 14.1. The Balaban J connectivity index is 2.61. The summed E-state index contributed by atoms with van der Waals surface area (Å²) in [5, 5.41) is 0. The third-order valence-electron chi connectivity index (χ3n) is 2.22. The van der Waals surface area contributed by atoms with Crippen LogP contribution >= 0.6 is 15.9 Å². The largest absolute Gasteiger partial charge is 0.239 e. The monoisotopic (exact) mass is 351 g/mol. The maximum absolute atomic E-state index is 11.9. The molecule has 18 heavy (non-hydrogen) atoms. The van der Waals surface area contributed by atoms with Crippen LogP contribution in [0.4, 0.5) is 0 Å². The fourth-order valence-electron chi connectivity index (χ4n) is 1.15. The highest BCUT2D eigenvalue weighted by Gasteiger charge is 2.22. The van der Waals surface area contributed by atoms with E-state index in [2.05, 4.69) is 50.3 Å². The number of sulfonamides is 1. The van der Waals surface area contributed by atoms with E-state index in [0.29, 0.717) is 5.82 Å². The number of aromatic nitrogens is 2. The normalized spacial score (nSPS) is 14.4. The third kappa shape index (κ3) is 6.03. The summed E-state index contributed by atoms with van der Waals surface area (Å²) in [6, 6.07) is 2.42. The Hall–Kier alpha value is -0.313. The van der Waals surface area contributed by atoms with Gasteiger partial charge in [-0.3, -0.25) is 0 Å². The van der Waals surface area contributed by atoms with Crippen LogP contribution < -0.4 is 4.72 Å². The molecule has 102 valence electrons. The average molecular weight is 352 g/mol. The molecule has 0 aliphatic rings. The molecular formula is C10H18BrN3O2SSi. The van der Waals surface area contributed by atoms with Crippen LogP contribution in [0.1, 0.15) is 10.8 Å². The van der Waals surface area contributed by atoms with Gasteiger partial charge >= 0.3 is 0 Å². The van der Waals surface area contributed by atoms with Crippen molar-refractivity contribution in [1.29, 1.82) is 0 Å². The van der Waals surface area contributed by atoms with Crippen molar-refractivity contribution in [2.45, 2.75) is 30.6 Å². The van der Waals surface area contributed by atoms with Crippen molar-refractivity contribution >= 4 is 34.0 Å². The Morgan fingerprint density at radius 3 is 2.39 bits per heavy atom. The van der Waals surface area contributed by atoms with Gasteiger partial charge in [0.05, 0.1) is 5.75 Å². The second-order valence-electron chi connectivity index (χ2n) is 5.22. The summed E-state index contributed by atoms with van der Waals surface area (Å²) in [4.78, 5) is 7.41. The minimum absolute atomic E-state index is 0.150. The summed E-state index contributed by atoms with van der Waals surface area (Å²) in [7, 11) is -4.67. The molecule has 1 unspecified atom stereocenters. The zero-order chi connectivity index (χ0) is 13.8. The molecule has 0 saturated carbocycles. The third-order valence-corrected chi connectivity index (χ3v) is 6.61. The van der Waals surface area contributed by atoms with Crippen LogP contribution in [0, 0.1) is 0 Å². The van der Waals surface area contributed by atoms with Gasteiger partial charge < -0.3 is 0 Å². The Bertz CT molecular complexity index is 476. The Labute approximate surface area is 118 Å². The van der Waals surface area contributed by atoms with E-state index in [1.807, 2.05) is 0 Å². The van der Waals surface area contributed by atoms with Gasteiger partial charge in [-0.25, -0.2) is 18.4 Å². The molecule has 1 rings (SSSR count). The molecule has 0 bridgehead atoms. The zero-order valence-electron chi connectivity index (χ0n) is 10.7. The van der Waals surface area contributed by atoms with Gasteiger partial charge in [-0.15, -0.1) is 0 Å². The van der Waals surface area contributed by atoms with Gasteiger partial charge in [-0.2, -0.15) is 4.72 Å². The lowest BCUT2D eigenvalue weighted by Gasteiger charge is -2.17. The van der Waals surface area contributed by atoms with Crippen molar-refractivity contribution in [3.05, 3.63) is 24.3 Å². The molecule has 5 nitrogen and oxygen atoms in total. The topological polar surface area (TPSA) is 72.0 Å². The molecule has 1 aromatic rings. The number of rotatable bonds is 6. The highest BCUT2D eigenvalue weighted by Crippen LogP contribution is 2.17. The van der Waals surface area contributed by atoms with Crippen LogP contribution in [0.15, 0.2) is 18.5 Å². The lowest BCUT2D eigenvalue weighted by molar-refractivity contribution is 0.579. The van der Waals surface area contributed by atoms with Crippen LogP contribution in [0.25, 0.3) is 0 Å². The molecule has 8 heteroatoms. The maximum atomic E-state index is 11.9. The number of nitrogens with zero attached hydrogens (tertiary/aromatic N) is 2. The molecular weight excluding hydrogens is 334 g/mol. The fraction of sp³-hybridized carbons (Fsp3) is 0.600. The van der Waals surface area contributed by atoms with Gasteiger partial charge in [-0.05, 0) is 12.1 Å². The molecule has 0 aliphatic carbocycles. The molecule has 0 aromatic carbocycles. The number of nitrogens with one attached hydrogen (secondary N) is 1. The van der Waals surface area contributed by atoms with Gasteiger partial charge in [0, 0.05) is 20.5 Å². The van der Waals surface area contributed by atoms with Gasteiger partial charge in [0.15, 0.2) is 5.82 Å². The number of hydrogen-bond donors (Lipinski definition) is 1. The highest BCUT2D eigenvalue weighted by molar-refractivity contribution is 9.09. The number of halogens is 1. The highest BCUT2D eigenvalue weighted by atomic mass is 79.9. The van der Waals surface area contributed by atoms with E-state index >= 15 is 0 Å². The Kier molecular flexibility index (Phi) is 5.44. The first-order valence-electron chi connectivity index (χ1n) is 5.61. The standard InChI is InChI=1S/C10H18BrN3O2SSi/c1-18(2,3)8-7-17(15,16)14-9(11)10-12-5-4-6-13-10/h4-6,9,14H,7-8H2,1-3H3. The van der Waals surface area contributed by atoms with Crippen LogP contribution in [-0.2, 0) is 10.0 Å². The van der Waals surface area contributed by atoms with E-state index in [0.717, 1.165) is 6.04 Å². The molecule has 0 saturated heterocycles. The molecule has 0 amide bonds. The quantitative estimate of drug-likeness (QED) is 0.484. The fourth-order valence-corrected chi connectivity index (χ4v) is 6.31. The predicted molar refractivity (Wildman–Crippen MR) is 78.8 cm³/mol. The summed E-state index contributed by atoms with van der Waals surface area (Å²) >= 11 is 3.24. The van der Waals surface area contributed by atoms with E-state index in [9.17, 15) is 8.42 Å². The lowest BCUT2D eigenvalue weighted by Crippen LogP contribution is -2.32. The first kappa shape index (κ1) is 15.7. The molecule has 0 aliphatic heterocycles. The average Bonchev–Trinajstić information content (AvgIpc) is 2.26. The van der Waals surface area contributed by atoms with E-state index in [1.54, 1.807) is 18.5 Å². The molecule has 0 spiro atoms. The molecule has 0 fully saturated rings. The Morgan fingerprint density at radius 2 is 1.89 bits per heavy atom. The lowest BCUT2D eigenvalue weighted by atomic mass is 10.6. The van der Waals surface area contributed by atoms with E-state index in [1.165, 1.54) is 0 Å². The first-order chi connectivity index (χ1) is 8.20. The first-order valence-corrected chi connectivity index (χ1v) is 11.9. The summed E-state index contributed by atoms with van der Waals surface area (Å²) in [5.74, 6) is 0.562. The minimum Gasteiger partial charge on any atom is -0.239 e. The van der Waals surface area contributed by atoms with E-state index in [4.69, 9.17) is 0 Å². The Morgan fingerprint density at radius 1 is 1.33 bits per heavy atom. The molecule has 1 N–H and O–H groups in total. The second kappa shape index (κ2) is 6.22. The van der Waals surface area contributed by atoms with Gasteiger partial charge in [0.25, 0.3) is 0 Å². The molecule has 1 heterocycles. The van der Waals surface area contributed by atoms with Crippen molar-refractivity contribution in [3.63, 3.8) is 0 Å². The van der Waals surface area contributed by atoms with Crippen molar-refractivity contribution in [2.24, 2.45) is 0 Å². The maximum Gasteiger partial charge on any atom is 0.212 e. The van der Waals surface area contributed by atoms with Gasteiger partial charge in [-0.1, -0.05) is 35.6 Å². The van der Waals surface area contributed by atoms with Crippen LogP contribution in [-0.4, -0.2) is 32.2 Å². The summed E-state index contributed by atoms with van der Waals surface area (Å²) in [6.07, 6.45) is 3.15. The SMILES string of the molecule is C[Si](C)(C)CCS(=O)(=O)NC(Br)c1ncccn1. The molecule has 1 atom stereocenters. The van der Waals surface area contributed by atoms with E-state index in [-0.39, 0.29) is 5.75 Å². The molecule has 0 radical (unpaired) electrons. The number of alkyl halides is 1. The number of hydrogen-bond acceptors (Lipinski definition) is 4. The van der Waals surface area contributed by atoms with Crippen molar-refractivity contribution in [2.75, 3.05) is 5.75 Å². The van der Waals surface area contributed by atoms with Crippen molar-refractivity contribution in [3.8, 4) is 0 Å². The van der Waals surface area contributed by atoms with Gasteiger partial charge in [0.2, 0.25) is 10.0 Å². The predicted octanol–water partition coefficient (Wildman–Crippen LogP) is 2.13. The summed E-state index contributed by atoms with van der Waals surface area (Å²) in [6.45, 7) is 6.44. The van der Waals surface area contributed by atoms with Crippen molar-refractivity contribution in [1.82, 2.24) is 14.7 Å². The van der Waals surface area contributed by atoms with Crippen LogP contribution in [0.5, 0.6) is 0 Å². The van der Waals surface area contributed by atoms with Crippen molar-refractivity contribution < 1.29 is 8.42 Å². The van der Waals surface area contributed by atoms with E-state index < -0.39 is 23.0 Å². The van der Waals surface area contributed by atoms with Crippen LogP contribution in [0.2, 0.25) is 25.7 Å². The second-order valence-corrected chi connectivity index (χ2v) is 13.6. The summed E-state index contributed by atoms with van der Waals surface area (Å²) < 4.78 is 26.3. The van der Waals surface area contributed by atoms with Crippen LogP contribution in [0.3, 0.4) is 0 Å². The smallest absolute Gasteiger partial charge is 0.212 e. The minimum atomic E-state index is -3.30. The molecule has 1 aromatic heterocycles. The van der Waals surface area contributed by atoms with Gasteiger partial charge in [0.1, 0.15) is 4.95 Å². The summed E-state index contributed by atoms with van der Waals surface area (Å²) in [5.41, 5.74) is 0.